The SMILES string of the molecule is CCCCCCCCCCCCCC/C=C\CCCCCCCCCCCCCCCCCCCC(=O)NC(CO)C(O)/C=C/CC/C=C/CCCCCCCCCCCCCC. The molecule has 0 aromatic rings. The van der Waals surface area contributed by atoms with Crippen LogP contribution in [0.5, 0.6) is 0 Å². The van der Waals surface area contributed by atoms with E-state index in [9.17, 15) is 15.0 Å². The average molecular weight is 885 g/mol. The molecule has 372 valence electrons. The van der Waals surface area contributed by atoms with Gasteiger partial charge < -0.3 is 15.5 Å². The molecule has 0 fully saturated rings. The monoisotopic (exact) mass is 884 g/mol. The Kier molecular flexibility index (Phi) is 53.7. The molecule has 0 saturated carbocycles. The molecule has 0 aliphatic heterocycles. The van der Waals surface area contributed by atoms with Crippen molar-refractivity contribution in [2.75, 3.05) is 6.61 Å². The minimum Gasteiger partial charge on any atom is -0.394 e. The standard InChI is InChI=1S/C59H113NO3/c1-3-5-7-9-11-13-15-17-19-21-23-24-25-26-27-28-29-30-31-32-33-34-35-36-37-39-41-43-45-47-49-51-53-55-59(63)60-57(56-61)58(62)54-52-50-48-46-44-42-40-38-22-20-18-16-14-12-10-8-6-4-2/h26-27,44,46,52,54,57-58,61-62H,3-25,28-43,45,47-51,53,55-56H2,1-2H3,(H,60,63)/b27-26-,46-44+,54-52+. The molecule has 0 spiro atoms. The molecule has 0 rings (SSSR count). The molecule has 0 radical (unpaired) electrons. The molecule has 0 aromatic carbocycles. The molecule has 63 heavy (non-hydrogen) atoms. The van der Waals surface area contributed by atoms with Gasteiger partial charge in [-0.25, -0.2) is 0 Å². The first kappa shape index (κ1) is 61.6. The van der Waals surface area contributed by atoms with Crippen molar-refractivity contribution in [3.8, 4) is 0 Å². The molecule has 0 aromatic heterocycles. The number of rotatable bonds is 53. The van der Waals surface area contributed by atoms with E-state index in [2.05, 4.69) is 43.5 Å². The van der Waals surface area contributed by atoms with E-state index in [0.717, 1.165) is 32.1 Å². The summed E-state index contributed by atoms with van der Waals surface area (Å²) in [5.74, 6) is -0.0689. The third kappa shape index (κ3) is 51.5. The number of hydrogen-bond donors (Lipinski definition) is 3. The summed E-state index contributed by atoms with van der Waals surface area (Å²) >= 11 is 0. The van der Waals surface area contributed by atoms with Crippen molar-refractivity contribution in [1.82, 2.24) is 5.32 Å². The second kappa shape index (κ2) is 54.9. The Hall–Kier alpha value is -1.39. The zero-order chi connectivity index (χ0) is 45.6. The number of unbranched alkanes of at least 4 members (excludes halogenated alkanes) is 42. The van der Waals surface area contributed by atoms with Crippen LogP contribution in [0.4, 0.5) is 0 Å². The topological polar surface area (TPSA) is 69.6 Å². The molecule has 4 heteroatoms. The Morgan fingerprint density at radius 2 is 0.619 bits per heavy atom. The van der Waals surface area contributed by atoms with Gasteiger partial charge in [0.15, 0.2) is 0 Å². The van der Waals surface area contributed by atoms with Gasteiger partial charge in [0.2, 0.25) is 5.91 Å². The Labute approximate surface area is 395 Å². The maximum atomic E-state index is 12.5. The molecule has 0 aliphatic rings. The summed E-state index contributed by atoms with van der Waals surface area (Å²) in [6.07, 6.45) is 74.6. The third-order valence-electron chi connectivity index (χ3n) is 13.3. The lowest BCUT2D eigenvalue weighted by Gasteiger charge is -2.19. The lowest BCUT2D eigenvalue weighted by molar-refractivity contribution is -0.123. The van der Waals surface area contributed by atoms with E-state index >= 15 is 0 Å². The summed E-state index contributed by atoms with van der Waals surface area (Å²) in [5.41, 5.74) is 0. The quantitative estimate of drug-likeness (QED) is 0.0421. The van der Waals surface area contributed by atoms with Crippen molar-refractivity contribution in [3.63, 3.8) is 0 Å². The highest BCUT2D eigenvalue weighted by Crippen LogP contribution is 2.17. The fourth-order valence-electron chi connectivity index (χ4n) is 8.96. The van der Waals surface area contributed by atoms with Crippen LogP contribution in [0.15, 0.2) is 36.5 Å². The van der Waals surface area contributed by atoms with Gasteiger partial charge in [0.05, 0.1) is 18.8 Å². The van der Waals surface area contributed by atoms with Crippen LogP contribution in [0.2, 0.25) is 0 Å². The number of nitrogens with one attached hydrogen (secondary N) is 1. The summed E-state index contributed by atoms with van der Waals surface area (Å²) in [6, 6.07) is -0.638. The second-order valence-electron chi connectivity index (χ2n) is 19.7. The number of amides is 1. The summed E-state index contributed by atoms with van der Waals surface area (Å²) in [5, 5.41) is 23.1. The highest BCUT2D eigenvalue weighted by atomic mass is 16.3. The van der Waals surface area contributed by atoms with E-state index in [1.54, 1.807) is 6.08 Å². The predicted octanol–water partition coefficient (Wildman–Crippen LogP) is 18.9. The molecule has 0 bridgehead atoms. The number of aliphatic hydroxyl groups excluding tert-OH is 2. The smallest absolute Gasteiger partial charge is 0.220 e. The van der Waals surface area contributed by atoms with Gasteiger partial charge in [-0.2, -0.15) is 0 Å². The van der Waals surface area contributed by atoms with Crippen molar-refractivity contribution < 1.29 is 15.0 Å². The Bertz CT molecular complexity index is 958. The number of hydrogen-bond acceptors (Lipinski definition) is 3. The lowest BCUT2D eigenvalue weighted by atomic mass is 10.0. The lowest BCUT2D eigenvalue weighted by Crippen LogP contribution is -2.45. The Balaban J connectivity index is 3.46. The highest BCUT2D eigenvalue weighted by Gasteiger charge is 2.18. The van der Waals surface area contributed by atoms with Gasteiger partial charge in [0, 0.05) is 6.42 Å². The van der Waals surface area contributed by atoms with Crippen molar-refractivity contribution in [2.45, 2.75) is 328 Å². The van der Waals surface area contributed by atoms with Gasteiger partial charge in [-0.3, -0.25) is 4.79 Å². The maximum absolute atomic E-state index is 12.5. The molecular formula is C59H113NO3. The first-order valence-corrected chi connectivity index (χ1v) is 28.7. The normalized spacial score (nSPS) is 13.0. The van der Waals surface area contributed by atoms with E-state index in [1.807, 2.05) is 6.08 Å². The molecule has 0 heterocycles. The minimum atomic E-state index is -0.861. The van der Waals surface area contributed by atoms with Crippen LogP contribution in [0, 0.1) is 0 Å². The van der Waals surface area contributed by atoms with Crippen molar-refractivity contribution >= 4 is 5.91 Å². The van der Waals surface area contributed by atoms with E-state index in [0.29, 0.717) is 6.42 Å². The van der Waals surface area contributed by atoms with Gasteiger partial charge in [-0.1, -0.05) is 288 Å². The van der Waals surface area contributed by atoms with Crippen molar-refractivity contribution in [1.29, 1.82) is 0 Å². The third-order valence-corrected chi connectivity index (χ3v) is 13.3. The molecule has 0 saturated heterocycles. The predicted molar refractivity (Wildman–Crippen MR) is 281 cm³/mol. The van der Waals surface area contributed by atoms with Crippen LogP contribution in [0.1, 0.15) is 316 Å². The molecule has 4 nitrogen and oxygen atoms in total. The van der Waals surface area contributed by atoms with E-state index in [-0.39, 0.29) is 12.5 Å². The summed E-state index contributed by atoms with van der Waals surface area (Å²) in [4.78, 5) is 12.5. The Morgan fingerprint density at radius 1 is 0.365 bits per heavy atom. The zero-order valence-electron chi connectivity index (χ0n) is 42.9. The fourth-order valence-corrected chi connectivity index (χ4v) is 8.96. The molecule has 3 N–H and O–H groups in total. The van der Waals surface area contributed by atoms with Crippen molar-refractivity contribution in [3.05, 3.63) is 36.5 Å². The zero-order valence-corrected chi connectivity index (χ0v) is 42.9. The number of allylic oxidation sites excluding steroid dienone is 5. The molecule has 2 atom stereocenters. The van der Waals surface area contributed by atoms with Crippen LogP contribution in [0.25, 0.3) is 0 Å². The van der Waals surface area contributed by atoms with E-state index < -0.39 is 12.1 Å². The van der Waals surface area contributed by atoms with Crippen LogP contribution in [0.3, 0.4) is 0 Å². The van der Waals surface area contributed by atoms with Gasteiger partial charge in [-0.05, 0) is 57.8 Å². The fraction of sp³-hybridized carbons (Fsp3) is 0.881. The molecule has 1 amide bonds. The van der Waals surface area contributed by atoms with Crippen LogP contribution in [-0.2, 0) is 4.79 Å². The van der Waals surface area contributed by atoms with Crippen molar-refractivity contribution in [2.24, 2.45) is 0 Å². The Morgan fingerprint density at radius 3 is 0.921 bits per heavy atom. The van der Waals surface area contributed by atoms with E-state index in [4.69, 9.17) is 0 Å². The van der Waals surface area contributed by atoms with Gasteiger partial charge >= 0.3 is 0 Å². The second-order valence-corrected chi connectivity index (χ2v) is 19.7. The molecule has 0 aliphatic carbocycles. The summed E-state index contributed by atoms with van der Waals surface area (Å²) < 4.78 is 0. The number of aliphatic hydroxyl groups is 2. The summed E-state index contributed by atoms with van der Waals surface area (Å²) in [6.45, 7) is 4.33. The molecule has 2 unspecified atom stereocenters. The average Bonchev–Trinajstić information content (AvgIpc) is 3.29. The number of carbonyl (C=O) groups is 1. The van der Waals surface area contributed by atoms with Crippen LogP contribution in [-0.4, -0.2) is 34.9 Å². The van der Waals surface area contributed by atoms with Gasteiger partial charge in [0.25, 0.3) is 0 Å². The van der Waals surface area contributed by atoms with Gasteiger partial charge in [-0.15, -0.1) is 0 Å². The van der Waals surface area contributed by atoms with Crippen LogP contribution < -0.4 is 5.32 Å². The summed E-state index contributed by atoms with van der Waals surface area (Å²) in [7, 11) is 0. The first-order valence-electron chi connectivity index (χ1n) is 28.7. The number of carbonyl (C=O) groups excluding carboxylic acids is 1. The largest absolute Gasteiger partial charge is 0.394 e. The molecular weight excluding hydrogens is 771 g/mol. The maximum Gasteiger partial charge on any atom is 0.220 e. The van der Waals surface area contributed by atoms with Crippen LogP contribution >= 0.6 is 0 Å². The van der Waals surface area contributed by atoms with E-state index in [1.165, 1.54) is 263 Å². The highest BCUT2D eigenvalue weighted by molar-refractivity contribution is 5.76. The first-order chi connectivity index (χ1) is 31.2. The van der Waals surface area contributed by atoms with Gasteiger partial charge in [0.1, 0.15) is 0 Å². The minimum absolute atomic E-state index is 0.0689.